The highest BCUT2D eigenvalue weighted by atomic mass is 16.2. The Labute approximate surface area is 157 Å². The molecule has 0 radical (unpaired) electrons. The molecular formula is C20H22N4O3. The maximum absolute atomic E-state index is 12.4. The van der Waals surface area contributed by atoms with Crippen LogP contribution in [0, 0.1) is 5.92 Å². The van der Waals surface area contributed by atoms with Gasteiger partial charge >= 0.3 is 6.03 Å². The lowest BCUT2D eigenvalue weighted by Crippen LogP contribution is -2.50. The van der Waals surface area contributed by atoms with Crippen LogP contribution >= 0.6 is 0 Å². The minimum atomic E-state index is -0.376. The molecule has 3 N–H and O–H groups in total. The fourth-order valence-corrected chi connectivity index (χ4v) is 2.98. The molecule has 1 heterocycles. The van der Waals surface area contributed by atoms with Gasteiger partial charge in [-0.1, -0.05) is 36.4 Å². The molecule has 0 spiro atoms. The summed E-state index contributed by atoms with van der Waals surface area (Å²) in [6, 6.07) is 17.6. The van der Waals surface area contributed by atoms with Gasteiger partial charge in [0.2, 0.25) is 5.91 Å². The van der Waals surface area contributed by atoms with E-state index in [0.717, 1.165) is 6.42 Å². The molecule has 27 heavy (non-hydrogen) atoms. The topological polar surface area (TPSA) is 90.5 Å². The molecule has 7 heteroatoms. The van der Waals surface area contributed by atoms with Crippen molar-refractivity contribution >= 4 is 23.5 Å². The zero-order valence-electron chi connectivity index (χ0n) is 14.9. The third-order valence-electron chi connectivity index (χ3n) is 4.44. The molecule has 0 saturated carbocycles. The van der Waals surface area contributed by atoms with E-state index >= 15 is 0 Å². The predicted octanol–water partition coefficient (Wildman–Crippen LogP) is 2.39. The molecule has 1 atom stereocenters. The number of hydrogen-bond donors (Lipinski definition) is 3. The van der Waals surface area contributed by atoms with Crippen molar-refractivity contribution < 1.29 is 14.4 Å². The molecule has 3 rings (SSSR count). The standard InChI is InChI=1S/C20H22N4O3/c25-18(15-8-3-1-4-9-15)22-23-19(26)16-10-7-13-24(14-16)20(27)21-17-11-5-2-6-12-17/h1-6,8-9,11-12,16H,7,10,13-14H2,(H,21,27)(H,22,25)(H,23,26). The van der Waals surface area contributed by atoms with E-state index in [9.17, 15) is 14.4 Å². The van der Waals surface area contributed by atoms with E-state index in [2.05, 4.69) is 16.2 Å². The van der Waals surface area contributed by atoms with Crippen LogP contribution < -0.4 is 16.2 Å². The Balaban J connectivity index is 1.50. The van der Waals surface area contributed by atoms with Crippen molar-refractivity contribution in [1.82, 2.24) is 15.8 Å². The smallest absolute Gasteiger partial charge is 0.321 e. The molecule has 1 fully saturated rings. The van der Waals surface area contributed by atoms with Crippen molar-refractivity contribution in [2.24, 2.45) is 5.92 Å². The Bertz CT molecular complexity index is 795. The van der Waals surface area contributed by atoms with E-state index in [4.69, 9.17) is 0 Å². The van der Waals surface area contributed by atoms with Crippen molar-refractivity contribution in [1.29, 1.82) is 0 Å². The molecule has 0 aromatic heterocycles. The summed E-state index contributed by atoms with van der Waals surface area (Å²) in [7, 11) is 0. The van der Waals surface area contributed by atoms with Crippen molar-refractivity contribution in [2.75, 3.05) is 18.4 Å². The largest absolute Gasteiger partial charge is 0.324 e. The molecule has 4 amide bonds. The second-order valence-electron chi connectivity index (χ2n) is 6.39. The van der Waals surface area contributed by atoms with E-state index in [-0.39, 0.29) is 23.8 Å². The summed E-state index contributed by atoms with van der Waals surface area (Å²) >= 11 is 0. The van der Waals surface area contributed by atoms with Crippen LogP contribution in [-0.2, 0) is 4.79 Å². The number of benzene rings is 2. The van der Waals surface area contributed by atoms with Crippen LogP contribution in [0.2, 0.25) is 0 Å². The molecule has 1 saturated heterocycles. The Morgan fingerprint density at radius 2 is 1.56 bits per heavy atom. The van der Waals surface area contributed by atoms with Gasteiger partial charge in [-0.3, -0.25) is 20.4 Å². The first-order valence-corrected chi connectivity index (χ1v) is 8.89. The molecular weight excluding hydrogens is 344 g/mol. The maximum Gasteiger partial charge on any atom is 0.321 e. The van der Waals surface area contributed by atoms with Crippen LogP contribution in [-0.4, -0.2) is 35.8 Å². The number of hydrogen-bond acceptors (Lipinski definition) is 3. The third-order valence-corrected chi connectivity index (χ3v) is 4.44. The van der Waals surface area contributed by atoms with Gasteiger partial charge in [0.25, 0.3) is 5.91 Å². The van der Waals surface area contributed by atoms with Gasteiger partial charge in [-0.25, -0.2) is 4.79 Å². The molecule has 1 unspecified atom stereocenters. The van der Waals surface area contributed by atoms with Crippen molar-refractivity contribution in [3.63, 3.8) is 0 Å². The lowest BCUT2D eigenvalue weighted by atomic mass is 9.98. The van der Waals surface area contributed by atoms with Crippen LogP contribution in [0.3, 0.4) is 0 Å². The second kappa shape index (κ2) is 8.84. The summed E-state index contributed by atoms with van der Waals surface area (Å²) in [5, 5.41) is 2.83. The van der Waals surface area contributed by atoms with Gasteiger partial charge in [0.05, 0.1) is 5.92 Å². The summed E-state index contributed by atoms with van der Waals surface area (Å²) in [5.74, 6) is -1.04. The average Bonchev–Trinajstić information content (AvgIpc) is 2.73. The molecule has 0 bridgehead atoms. The summed E-state index contributed by atoms with van der Waals surface area (Å²) < 4.78 is 0. The summed E-state index contributed by atoms with van der Waals surface area (Å²) in [4.78, 5) is 38.4. The maximum atomic E-state index is 12.4. The minimum Gasteiger partial charge on any atom is -0.324 e. The van der Waals surface area contributed by atoms with E-state index in [1.165, 1.54) is 0 Å². The molecule has 7 nitrogen and oxygen atoms in total. The SMILES string of the molecule is O=C(NNC(=O)C1CCCN(C(=O)Nc2ccccc2)C1)c1ccccc1. The van der Waals surface area contributed by atoms with E-state index in [0.29, 0.717) is 30.8 Å². The Hall–Kier alpha value is -3.35. The van der Waals surface area contributed by atoms with E-state index in [1.807, 2.05) is 36.4 Å². The van der Waals surface area contributed by atoms with Crippen LogP contribution in [0.15, 0.2) is 60.7 Å². The normalized spacial score (nSPS) is 16.3. The summed E-state index contributed by atoms with van der Waals surface area (Å²) in [5.41, 5.74) is 6.06. The number of nitrogens with one attached hydrogen (secondary N) is 3. The molecule has 1 aliphatic heterocycles. The molecule has 1 aliphatic rings. The van der Waals surface area contributed by atoms with Gasteiger partial charge in [-0.2, -0.15) is 0 Å². The highest BCUT2D eigenvalue weighted by molar-refractivity contribution is 5.95. The number of anilines is 1. The van der Waals surface area contributed by atoms with Crippen LogP contribution in [0.5, 0.6) is 0 Å². The van der Waals surface area contributed by atoms with Crippen LogP contribution in [0.1, 0.15) is 23.2 Å². The predicted molar refractivity (Wildman–Crippen MR) is 102 cm³/mol. The van der Waals surface area contributed by atoms with Crippen molar-refractivity contribution in [3.05, 3.63) is 66.2 Å². The number of carbonyl (C=O) groups is 3. The number of likely N-dealkylation sites (tertiary alicyclic amines) is 1. The highest BCUT2D eigenvalue weighted by Gasteiger charge is 2.28. The lowest BCUT2D eigenvalue weighted by molar-refractivity contribution is -0.127. The third kappa shape index (κ3) is 5.07. The van der Waals surface area contributed by atoms with Crippen LogP contribution in [0.4, 0.5) is 10.5 Å². The summed E-state index contributed by atoms with van der Waals surface area (Å²) in [6.45, 7) is 0.907. The molecule has 140 valence electrons. The quantitative estimate of drug-likeness (QED) is 0.729. The Morgan fingerprint density at radius 1 is 0.889 bits per heavy atom. The van der Waals surface area contributed by atoms with Gasteiger partial charge in [0.15, 0.2) is 0 Å². The summed E-state index contributed by atoms with van der Waals surface area (Å²) in [6.07, 6.45) is 1.40. The number of rotatable bonds is 3. The fraction of sp³-hybridized carbons (Fsp3) is 0.250. The number of piperidine rings is 1. The number of urea groups is 1. The lowest BCUT2D eigenvalue weighted by Gasteiger charge is -2.32. The van der Waals surface area contributed by atoms with Gasteiger partial charge < -0.3 is 10.2 Å². The number of carbonyl (C=O) groups excluding carboxylic acids is 3. The van der Waals surface area contributed by atoms with Crippen molar-refractivity contribution in [2.45, 2.75) is 12.8 Å². The fourth-order valence-electron chi connectivity index (χ4n) is 2.98. The Kier molecular flexibility index (Phi) is 6.04. The van der Waals surface area contributed by atoms with E-state index in [1.54, 1.807) is 29.2 Å². The first-order chi connectivity index (χ1) is 13.1. The number of hydrazine groups is 1. The highest BCUT2D eigenvalue weighted by Crippen LogP contribution is 2.18. The van der Waals surface area contributed by atoms with Gasteiger partial charge in [0, 0.05) is 24.3 Å². The first kappa shape index (κ1) is 18.4. The first-order valence-electron chi connectivity index (χ1n) is 8.89. The van der Waals surface area contributed by atoms with Gasteiger partial charge in [0.1, 0.15) is 0 Å². The van der Waals surface area contributed by atoms with Gasteiger partial charge in [-0.05, 0) is 37.1 Å². The molecule has 2 aromatic rings. The Morgan fingerprint density at radius 3 is 2.26 bits per heavy atom. The number of para-hydroxylation sites is 1. The number of amides is 4. The van der Waals surface area contributed by atoms with Crippen molar-refractivity contribution in [3.8, 4) is 0 Å². The molecule has 0 aliphatic carbocycles. The number of nitrogens with zero attached hydrogens (tertiary/aromatic N) is 1. The minimum absolute atomic E-state index is 0.230. The van der Waals surface area contributed by atoms with Crippen LogP contribution in [0.25, 0.3) is 0 Å². The molecule has 2 aromatic carbocycles. The average molecular weight is 366 g/mol. The van der Waals surface area contributed by atoms with E-state index < -0.39 is 0 Å². The monoisotopic (exact) mass is 366 g/mol. The zero-order valence-corrected chi connectivity index (χ0v) is 14.9. The van der Waals surface area contributed by atoms with Gasteiger partial charge in [-0.15, -0.1) is 0 Å². The second-order valence-corrected chi connectivity index (χ2v) is 6.39. The zero-order chi connectivity index (χ0) is 19.1.